The third kappa shape index (κ3) is 4.09. The standard InChI is InChI=1S/C11H5BrClF3N2S/c12-6-1-3-7(4-2-6)19-9-5-8(11(14,15)16)17-10(13)18-9/h1-5H. The van der Waals surface area contributed by atoms with Crippen molar-refractivity contribution in [1.82, 2.24) is 9.97 Å². The van der Waals surface area contributed by atoms with Gasteiger partial charge in [0.2, 0.25) is 5.28 Å². The van der Waals surface area contributed by atoms with Crippen molar-refractivity contribution in [2.75, 3.05) is 0 Å². The summed E-state index contributed by atoms with van der Waals surface area (Å²) in [4.78, 5) is 7.70. The highest BCUT2D eigenvalue weighted by Gasteiger charge is 2.33. The van der Waals surface area contributed by atoms with E-state index >= 15 is 0 Å². The Labute approximate surface area is 124 Å². The lowest BCUT2D eigenvalue weighted by Gasteiger charge is -2.07. The number of aromatic nitrogens is 2. The highest BCUT2D eigenvalue weighted by molar-refractivity contribution is 9.10. The molecule has 0 bridgehead atoms. The number of alkyl halides is 3. The summed E-state index contributed by atoms with van der Waals surface area (Å²) in [6, 6.07) is 7.97. The molecule has 0 aliphatic carbocycles. The van der Waals surface area contributed by atoms with Gasteiger partial charge in [0.25, 0.3) is 0 Å². The van der Waals surface area contributed by atoms with Crippen LogP contribution in [0.2, 0.25) is 5.28 Å². The monoisotopic (exact) mass is 368 g/mol. The van der Waals surface area contributed by atoms with Crippen molar-refractivity contribution in [1.29, 1.82) is 0 Å². The van der Waals surface area contributed by atoms with Gasteiger partial charge >= 0.3 is 6.18 Å². The zero-order chi connectivity index (χ0) is 14.0. The molecule has 0 amide bonds. The minimum absolute atomic E-state index is 0.148. The highest BCUT2D eigenvalue weighted by atomic mass is 79.9. The van der Waals surface area contributed by atoms with Crippen molar-refractivity contribution in [3.8, 4) is 0 Å². The first-order valence-corrected chi connectivity index (χ1v) is 6.88. The van der Waals surface area contributed by atoms with E-state index in [1.807, 2.05) is 0 Å². The summed E-state index contributed by atoms with van der Waals surface area (Å²) in [5.41, 5.74) is -1.05. The lowest BCUT2D eigenvalue weighted by Crippen LogP contribution is -2.09. The van der Waals surface area contributed by atoms with Crippen LogP contribution in [0.25, 0.3) is 0 Å². The molecule has 0 atom stereocenters. The normalized spacial score (nSPS) is 11.6. The molecular weight excluding hydrogens is 365 g/mol. The minimum atomic E-state index is -4.54. The molecule has 0 N–H and O–H groups in total. The van der Waals surface area contributed by atoms with Crippen molar-refractivity contribution >= 4 is 39.3 Å². The first-order valence-electron chi connectivity index (χ1n) is 4.90. The van der Waals surface area contributed by atoms with Crippen LogP contribution in [0.15, 0.2) is 44.7 Å². The van der Waals surface area contributed by atoms with Gasteiger partial charge < -0.3 is 0 Å². The van der Waals surface area contributed by atoms with Gasteiger partial charge in [0.05, 0.1) is 0 Å². The Kier molecular flexibility index (Phi) is 4.37. The molecule has 0 saturated carbocycles. The summed E-state index contributed by atoms with van der Waals surface area (Å²) in [5.74, 6) is 0. The molecule has 2 nitrogen and oxygen atoms in total. The summed E-state index contributed by atoms with van der Waals surface area (Å²) in [7, 11) is 0. The van der Waals surface area contributed by atoms with Crippen molar-refractivity contribution in [2.24, 2.45) is 0 Å². The van der Waals surface area contributed by atoms with Gasteiger partial charge in [-0.15, -0.1) is 0 Å². The number of hydrogen-bond donors (Lipinski definition) is 0. The van der Waals surface area contributed by atoms with Crippen molar-refractivity contribution in [2.45, 2.75) is 16.1 Å². The molecule has 0 radical (unpaired) electrons. The molecule has 0 unspecified atom stereocenters. The van der Waals surface area contributed by atoms with Crippen LogP contribution >= 0.6 is 39.3 Å². The van der Waals surface area contributed by atoms with Crippen LogP contribution in [0.4, 0.5) is 13.2 Å². The number of benzene rings is 1. The Morgan fingerprint density at radius 3 is 2.32 bits per heavy atom. The SMILES string of the molecule is FC(F)(F)c1cc(Sc2ccc(Br)cc2)nc(Cl)n1. The average molecular weight is 370 g/mol. The van der Waals surface area contributed by atoms with E-state index in [-0.39, 0.29) is 5.03 Å². The predicted octanol–water partition coefficient (Wildman–Crippen LogP) is 5.06. The summed E-state index contributed by atoms with van der Waals surface area (Å²) in [6.07, 6.45) is -4.54. The molecule has 1 aromatic heterocycles. The predicted molar refractivity (Wildman–Crippen MR) is 70.3 cm³/mol. The number of rotatable bonds is 2. The number of nitrogens with zero attached hydrogens (tertiary/aromatic N) is 2. The maximum atomic E-state index is 12.6. The summed E-state index contributed by atoms with van der Waals surface area (Å²) in [6.45, 7) is 0. The Morgan fingerprint density at radius 2 is 1.74 bits per heavy atom. The zero-order valence-corrected chi connectivity index (χ0v) is 12.2. The minimum Gasteiger partial charge on any atom is -0.213 e. The van der Waals surface area contributed by atoms with Crippen LogP contribution in [-0.2, 0) is 6.18 Å². The molecule has 2 aromatic rings. The second-order valence-electron chi connectivity index (χ2n) is 3.41. The Balaban J connectivity index is 2.30. The molecule has 1 aromatic carbocycles. The van der Waals surface area contributed by atoms with Gasteiger partial charge in [0.1, 0.15) is 5.03 Å². The topological polar surface area (TPSA) is 25.8 Å². The van der Waals surface area contributed by atoms with Gasteiger partial charge in [-0.1, -0.05) is 27.7 Å². The second kappa shape index (κ2) is 5.68. The van der Waals surface area contributed by atoms with E-state index in [9.17, 15) is 13.2 Å². The molecule has 19 heavy (non-hydrogen) atoms. The third-order valence-electron chi connectivity index (χ3n) is 2.00. The Hall–Kier alpha value is -0.790. The second-order valence-corrected chi connectivity index (χ2v) is 5.76. The average Bonchev–Trinajstić information content (AvgIpc) is 2.30. The van der Waals surface area contributed by atoms with Gasteiger partial charge in [0.15, 0.2) is 5.69 Å². The van der Waals surface area contributed by atoms with Gasteiger partial charge in [0, 0.05) is 15.4 Å². The fourth-order valence-corrected chi connectivity index (χ4v) is 2.53. The quantitative estimate of drug-likeness (QED) is 0.546. The summed E-state index contributed by atoms with van der Waals surface area (Å²) in [5, 5.41) is -0.274. The van der Waals surface area contributed by atoms with E-state index < -0.39 is 17.2 Å². The van der Waals surface area contributed by atoms with Crippen LogP contribution in [-0.4, -0.2) is 9.97 Å². The lowest BCUT2D eigenvalue weighted by atomic mass is 10.4. The van der Waals surface area contributed by atoms with E-state index in [4.69, 9.17) is 11.6 Å². The molecule has 0 fully saturated rings. The van der Waals surface area contributed by atoms with Crippen molar-refractivity contribution in [3.63, 3.8) is 0 Å². The van der Waals surface area contributed by atoms with Crippen LogP contribution < -0.4 is 0 Å². The van der Waals surface area contributed by atoms with Gasteiger partial charge in [-0.3, -0.25) is 0 Å². The molecular formula is C11H5BrClF3N2S. The summed E-state index contributed by atoms with van der Waals surface area (Å²) < 4.78 is 38.6. The fourth-order valence-electron chi connectivity index (χ4n) is 1.22. The number of halogens is 5. The Bertz CT molecular complexity index is 589. The van der Waals surface area contributed by atoms with Crippen LogP contribution in [0, 0.1) is 0 Å². The van der Waals surface area contributed by atoms with Gasteiger partial charge in [-0.2, -0.15) is 13.2 Å². The molecule has 1 heterocycles. The fraction of sp³-hybridized carbons (Fsp3) is 0.0909. The smallest absolute Gasteiger partial charge is 0.213 e. The highest BCUT2D eigenvalue weighted by Crippen LogP contribution is 2.33. The maximum absolute atomic E-state index is 12.6. The molecule has 0 saturated heterocycles. The lowest BCUT2D eigenvalue weighted by molar-refractivity contribution is -0.141. The van der Waals surface area contributed by atoms with Crippen LogP contribution in [0.3, 0.4) is 0 Å². The summed E-state index contributed by atoms with van der Waals surface area (Å²) >= 11 is 9.86. The van der Waals surface area contributed by atoms with E-state index in [2.05, 4.69) is 25.9 Å². The van der Waals surface area contributed by atoms with Crippen LogP contribution in [0.5, 0.6) is 0 Å². The maximum Gasteiger partial charge on any atom is 0.433 e. The van der Waals surface area contributed by atoms with Crippen molar-refractivity contribution in [3.05, 3.63) is 45.8 Å². The first-order chi connectivity index (χ1) is 8.84. The largest absolute Gasteiger partial charge is 0.433 e. The Morgan fingerprint density at radius 1 is 1.11 bits per heavy atom. The van der Waals surface area contributed by atoms with Crippen LogP contribution in [0.1, 0.15) is 5.69 Å². The van der Waals surface area contributed by atoms with Gasteiger partial charge in [-0.05, 0) is 35.9 Å². The van der Waals surface area contributed by atoms with E-state index in [1.54, 1.807) is 24.3 Å². The van der Waals surface area contributed by atoms with Gasteiger partial charge in [-0.25, -0.2) is 9.97 Å². The molecule has 2 rings (SSSR count). The van der Waals surface area contributed by atoms with E-state index in [0.717, 1.165) is 27.2 Å². The number of hydrogen-bond acceptors (Lipinski definition) is 3. The zero-order valence-electron chi connectivity index (χ0n) is 9.08. The molecule has 100 valence electrons. The third-order valence-corrected chi connectivity index (χ3v) is 3.63. The molecule has 0 aliphatic rings. The first kappa shape index (κ1) is 14.6. The molecule has 0 aliphatic heterocycles. The van der Waals surface area contributed by atoms with Crippen molar-refractivity contribution < 1.29 is 13.2 Å². The molecule has 0 spiro atoms. The van der Waals surface area contributed by atoms with E-state index in [0.29, 0.717) is 0 Å². The van der Waals surface area contributed by atoms with E-state index in [1.165, 1.54) is 0 Å². The molecule has 8 heteroatoms.